The topological polar surface area (TPSA) is 76.4 Å². The van der Waals surface area contributed by atoms with Gasteiger partial charge in [0, 0.05) is 6.61 Å². The summed E-state index contributed by atoms with van der Waals surface area (Å²) in [6, 6.07) is -0.367. The SMILES string of the molecule is CC1OCCCC2=C1NNC2C(N)=O. The van der Waals surface area contributed by atoms with Crippen LogP contribution in [-0.4, -0.2) is 24.7 Å². The van der Waals surface area contributed by atoms with E-state index in [-0.39, 0.29) is 18.1 Å². The highest BCUT2D eigenvalue weighted by molar-refractivity contribution is 5.84. The molecule has 0 fully saturated rings. The van der Waals surface area contributed by atoms with E-state index < -0.39 is 0 Å². The summed E-state index contributed by atoms with van der Waals surface area (Å²) in [4.78, 5) is 11.1. The van der Waals surface area contributed by atoms with Gasteiger partial charge in [-0.05, 0) is 25.3 Å². The van der Waals surface area contributed by atoms with Crippen LogP contribution in [0.1, 0.15) is 19.8 Å². The van der Waals surface area contributed by atoms with Gasteiger partial charge in [0.2, 0.25) is 5.91 Å². The molecule has 0 saturated heterocycles. The molecule has 0 aromatic heterocycles. The second kappa shape index (κ2) is 3.59. The molecule has 0 aliphatic carbocycles. The summed E-state index contributed by atoms with van der Waals surface area (Å²) in [5.74, 6) is -0.336. The van der Waals surface area contributed by atoms with Crippen molar-refractivity contribution in [3.63, 3.8) is 0 Å². The molecule has 0 aromatic carbocycles. The zero-order valence-corrected chi connectivity index (χ0v) is 8.17. The predicted octanol–water partition coefficient (Wildman–Crippen LogP) is -0.599. The highest BCUT2D eigenvalue weighted by Gasteiger charge is 2.32. The maximum Gasteiger partial charge on any atom is 0.240 e. The van der Waals surface area contributed by atoms with Gasteiger partial charge in [-0.25, -0.2) is 5.43 Å². The van der Waals surface area contributed by atoms with Crippen molar-refractivity contribution in [2.75, 3.05) is 6.61 Å². The molecule has 5 heteroatoms. The minimum atomic E-state index is -0.367. The van der Waals surface area contributed by atoms with E-state index in [0.717, 1.165) is 30.7 Å². The number of amides is 1. The normalized spacial score (nSPS) is 32.1. The standard InChI is InChI=1S/C9H15N3O2/c1-5-7-6(3-2-4-14-5)8(9(10)13)12-11-7/h5,8,11-12H,2-4H2,1H3,(H2,10,13). The third-order valence-electron chi connectivity index (χ3n) is 2.69. The minimum absolute atomic E-state index is 0.0179. The van der Waals surface area contributed by atoms with Crippen LogP contribution in [0, 0.1) is 0 Å². The Bertz CT molecular complexity index is 288. The molecule has 2 rings (SSSR count). The first-order chi connectivity index (χ1) is 6.70. The van der Waals surface area contributed by atoms with Gasteiger partial charge in [-0.3, -0.25) is 4.79 Å². The Kier molecular flexibility index (Phi) is 2.43. The summed E-state index contributed by atoms with van der Waals surface area (Å²) in [5, 5.41) is 0. The molecular formula is C9H15N3O2. The molecule has 4 N–H and O–H groups in total. The van der Waals surface area contributed by atoms with Crippen molar-refractivity contribution in [3.8, 4) is 0 Å². The van der Waals surface area contributed by atoms with Crippen molar-refractivity contribution < 1.29 is 9.53 Å². The molecule has 2 atom stereocenters. The highest BCUT2D eigenvalue weighted by Crippen LogP contribution is 2.25. The number of carbonyl (C=O) groups is 1. The van der Waals surface area contributed by atoms with Crippen LogP contribution in [-0.2, 0) is 9.53 Å². The van der Waals surface area contributed by atoms with E-state index in [1.54, 1.807) is 0 Å². The zero-order chi connectivity index (χ0) is 10.1. The molecule has 1 amide bonds. The number of rotatable bonds is 1. The van der Waals surface area contributed by atoms with Gasteiger partial charge in [0.15, 0.2) is 0 Å². The number of hydrogen-bond acceptors (Lipinski definition) is 4. The molecule has 0 radical (unpaired) electrons. The molecule has 5 nitrogen and oxygen atoms in total. The lowest BCUT2D eigenvalue weighted by Crippen LogP contribution is -2.43. The highest BCUT2D eigenvalue weighted by atomic mass is 16.5. The van der Waals surface area contributed by atoms with E-state index in [4.69, 9.17) is 10.5 Å². The number of primary amides is 1. The summed E-state index contributed by atoms with van der Waals surface area (Å²) in [7, 11) is 0. The average molecular weight is 197 g/mol. The molecule has 2 unspecified atom stereocenters. The molecule has 2 heterocycles. The fraction of sp³-hybridized carbons (Fsp3) is 0.667. The first-order valence-electron chi connectivity index (χ1n) is 4.85. The van der Waals surface area contributed by atoms with Gasteiger partial charge in [0.1, 0.15) is 6.04 Å². The van der Waals surface area contributed by atoms with Gasteiger partial charge in [0.25, 0.3) is 0 Å². The predicted molar refractivity (Wildman–Crippen MR) is 50.9 cm³/mol. The van der Waals surface area contributed by atoms with Crippen LogP contribution in [0.5, 0.6) is 0 Å². The number of hydrazine groups is 1. The Labute approximate surface area is 82.6 Å². The molecule has 2 aliphatic rings. The lowest BCUT2D eigenvalue weighted by atomic mass is 10.0. The Balaban J connectivity index is 2.26. The number of nitrogens with one attached hydrogen (secondary N) is 2. The summed E-state index contributed by atoms with van der Waals surface area (Å²) >= 11 is 0. The van der Waals surface area contributed by atoms with Gasteiger partial charge in [-0.15, -0.1) is 0 Å². The Hall–Kier alpha value is -1.07. The Morgan fingerprint density at radius 1 is 1.64 bits per heavy atom. The average Bonchev–Trinajstić information content (AvgIpc) is 2.48. The maximum absolute atomic E-state index is 11.1. The van der Waals surface area contributed by atoms with Gasteiger partial charge >= 0.3 is 0 Å². The number of nitrogens with two attached hydrogens (primary N) is 1. The van der Waals surface area contributed by atoms with Gasteiger partial charge in [0.05, 0.1) is 11.8 Å². The van der Waals surface area contributed by atoms with Gasteiger partial charge in [-0.2, -0.15) is 0 Å². The Morgan fingerprint density at radius 3 is 3.14 bits per heavy atom. The monoisotopic (exact) mass is 197 g/mol. The number of hydrogen-bond donors (Lipinski definition) is 3. The molecule has 14 heavy (non-hydrogen) atoms. The molecular weight excluding hydrogens is 182 g/mol. The van der Waals surface area contributed by atoms with Crippen molar-refractivity contribution in [1.29, 1.82) is 0 Å². The van der Waals surface area contributed by atoms with Crippen molar-refractivity contribution in [2.24, 2.45) is 5.73 Å². The van der Waals surface area contributed by atoms with Crippen LogP contribution < -0.4 is 16.6 Å². The van der Waals surface area contributed by atoms with E-state index >= 15 is 0 Å². The summed E-state index contributed by atoms with van der Waals surface area (Å²) in [6.07, 6.45) is 1.83. The van der Waals surface area contributed by atoms with Crippen LogP contribution in [0.3, 0.4) is 0 Å². The molecule has 78 valence electrons. The van der Waals surface area contributed by atoms with E-state index in [0.29, 0.717) is 0 Å². The first kappa shape index (κ1) is 9.48. The minimum Gasteiger partial charge on any atom is -0.372 e. The fourth-order valence-electron chi connectivity index (χ4n) is 1.96. The van der Waals surface area contributed by atoms with E-state index in [9.17, 15) is 4.79 Å². The smallest absolute Gasteiger partial charge is 0.240 e. The van der Waals surface area contributed by atoms with Crippen molar-refractivity contribution in [3.05, 3.63) is 11.3 Å². The first-order valence-corrected chi connectivity index (χ1v) is 4.85. The summed E-state index contributed by atoms with van der Waals surface area (Å²) < 4.78 is 5.53. The lowest BCUT2D eigenvalue weighted by Gasteiger charge is -2.12. The molecule has 2 aliphatic heterocycles. The van der Waals surface area contributed by atoms with Gasteiger partial charge in [-0.1, -0.05) is 0 Å². The third kappa shape index (κ3) is 1.49. The van der Waals surface area contributed by atoms with E-state index in [1.807, 2.05) is 6.92 Å². The second-order valence-corrected chi connectivity index (χ2v) is 3.66. The van der Waals surface area contributed by atoms with Crippen LogP contribution in [0.15, 0.2) is 11.3 Å². The number of ether oxygens (including phenoxy) is 1. The van der Waals surface area contributed by atoms with E-state index in [2.05, 4.69) is 10.9 Å². The quantitative estimate of drug-likeness (QED) is 0.524. The third-order valence-corrected chi connectivity index (χ3v) is 2.69. The lowest BCUT2D eigenvalue weighted by molar-refractivity contribution is -0.119. The van der Waals surface area contributed by atoms with E-state index in [1.165, 1.54) is 0 Å². The van der Waals surface area contributed by atoms with Crippen LogP contribution in [0.4, 0.5) is 0 Å². The van der Waals surface area contributed by atoms with Crippen molar-refractivity contribution >= 4 is 5.91 Å². The summed E-state index contributed by atoms with van der Waals surface area (Å²) in [5.41, 5.74) is 13.2. The molecule has 0 aromatic rings. The number of carbonyl (C=O) groups excluding carboxylic acids is 1. The second-order valence-electron chi connectivity index (χ2n) is 3.66. The van der Waals surface area contributed by atoms with Crippen LogP contribution in [0.25, 0.3) is 0 Å². The van der Waals surface area contributed by atoms with Crippen LogP contribution in [0.2, 0.25) is 0 Å². The largest absolute Gasteiger partial charge is 0.372 e. The molecule has 0 bridgehead atoms. The fourth-order valence-corrected chi connectivity index (χ4v) is 1.96. The Morgan fingerprint density at radius 2 is 2.43 bits per heavy atom. The van der Waals surface area contributed by atoms with Crippen LogP contribution >= 0.6 is 0 Å². The van der Waals surface area contributed by atoms with Crippen molar-refractivity contribution in [2.45, 2.75) is 31.9 Å². The maximum atomic E-state index is 11.1. The zero-order valence-electron chi connectivity index (χ0n) is 8.17. The molecule has 0 spiro atoms. The molecule has 0 saturated carbocycles. The van der Waals surface area contributed by atoms with Crippen molar-refractivity contribution in [1.82, 2.24) is 10.9 Å². The van der Waals surface area contributed by atoms with Gasteiger partial charge < -0.3 is 15.9 Å². The summed E-state index contributed by atoms with van der Waals surface area (Å²) in [6.45, 7) is 2.71.